The number of hydrogen-bond acceptors (Lipinski definition) is 5. The quantitative estimate of drug-likeness (QED) is 0.706. The fraction of sp³-hybridized carbons (Fsp3) is 0.600. The van der Waals surface area contributed by atoms with E-state index in [1.165, 1.54) is 32.6 Å². The molecule has 2 aliphatic heterocycles. The van der Waals surface area contributed by atoms with Gasteiger partial charge in [-0.15, -0.1) is 0 Å². The molecule has 1 aromatic carbocycles. The van der Waals surface area contributed by atoms with Crippen LogP contribution in [0.5, 0.6) is 0 Å². The summed E-state index contributed by atoms with van der Waals surface area (Å²) in [5.74, 6) is 1.67. The summed E-state index contributed by atoms with van der Waals surface area (Å²) >= 11 is 1.61. The first kappa shape index (κ1) is 22.4. The number of nitrogens with one attached hydrogen (secondary N) is 2. The number of likely N-dealkylation sites (tertiary alicyclic amines) is 1. The summed E-state index contributed by atoms with van der Waals surface area (Å²) in [6.45, 7) is 4.78. The van der Waals surface area contributed by atoms with Gasteiger partial charge in [-0.3, -0.25) is 19.4 Å². The van der Waals surface area contributed by atoms with Crippen LogP contribution in [0.15, 0.2) is 29.3 Å². The highest BCUT2D eigenvalue weighted by atomic mass is 32.2. The maximum Gasteiger partial charge on any atom is 0.253 e. The van der Waals surface area contributed by atoms with E-state index in [9.17, 15) is 14.4 Å². The topological polar surface area (TPSA) is 90.9 Å². The van der Waals surface area contributed by atoms with E-state index in [1.807, 2.05) is 11.8 Å². The molecule has 2 heterocycles. The molecule has 7 nitrogen and oxygen atoms in total. The number of carbonyl (C=O) groups is 3. The molecule has 2 saturated carbocycles. The Kier molecular flexibility index (Phi) is 5.97. The average Bonchev–Trinajstić information content (AvgIpc) is 3.49. The zero-order chi connectivity index (χ0) is 23.2. The summed E-state index contributed by atoms with van der Waals surface area (Å²) in [7, 11) is 0. The summed E-state index contributed by atoms with van der Waals surface area (Å²) in [6, 6.07) is 7.38. The lowest BCUT2D eigenvalue weighted by molar-refractivity contribution is -0.122. The van der Waals surface area contributed by atoms with Crippen molar-refractivity contribution in [1.29, 1.82) is 0 Å². The Morgan fingerprint density at radius 3 is 2.45 bits per heavy atom. The van der Waals surface area contributed by atoms with Gasteiger partial charge >= 0.3 is 0 Å². The van der Waals surface area contributed by atoms with E-state index < -0.39 is 4.75 Å². The third-order valence-electron chi connectivity index (χ3n) is 7.98. The normalized spacial score (nSPS) is 32.9. The summed E-state index contributed by atoms with van der Waals surface area (Å²) < 4.78 is -0.522. The van der Waals surface area contributed by atoms with Crippen molar-refractivity contribution in [3.8, 4) is 0 Å². The second kappa shape index (κ2) is 8.78. The van der Waals surface area contributed by atoms with E-state index in [1.54, 1.807) is 36.0 Å². The highest BCUT2D eigenvalue weighted by Crippen LogP contribution is 2.48. The van der Waals surface area contributed by atoms with Gasteiger partial charge in [0.1, 0.15) is 4.75 Å². The van der Waals surface area contributed by atoms with Gasteiger partial charge in [-0.1, -0.05) is 18.2 Å². The van der Waals surface area contributed by atoms with Crippen LogP contribution in [0.25, 0.3) is 0 Å². The smallest absolute Gasteiger partial charge is 0.253 e. The monoisotopic (exact) mass is 468 g/mol. The molecule has 4 aliphatic rings. The molecular weight excluding hydrogens is 436 g/mol. The van der Waals surface area contributed by atoms with Crippen LogP contribution in [0.4, 0.5) is 5.69 Å². The molecule has 2 aliphatic carbocycles. The van der Waals surface area contributed by atoms with Gasteiger partial charge in [0, 0.05) is 31.3 Å². The lowest BCUT2D eigenvalue weighted by Crippen LogP contribution is -2.47. The van der Waals surface area contributed by atoms with Gasteiger partial charge in [0.2, 0.25) is 11.8 Å². The van der Waals surface area contributed by atoms with Crippen molar-refractivity contribution in [3.05, 3.63) is 29.8 Å². The minimum absolute atomic E-state index is 0.00459. The van der Waals surface area contributed by atoms with Crippen molar-refractivity contribution in [2.75, 3.05) is 18.4 Å². The minimum Gasteiger partial charge on any atom is -0.339 e. The molecule has 1 aromatic rings. The molecule has 4 fully saturated rings. The Hall–Kier alpha value is -2.35. The van der Waals surface area contributed by atoms with Gasteiger partial charge in [0.15, 0.2) is 5.17 Å². The van der Waals surface area contributed by atoms with Crippen molar-refractivity contribution in [2.24, 2.45) is 22.7 Å². The number of rotatable bonds is 4. The van der Waals surface area contributed by atoms with Crippen molar-refractivity contribution >= 4 is 40.3 Å². The van der Waals surface area contributed by atoms with Gasteiger partial charge < -0.3 is 15.5 Å². The molecule has 0 spiro atoms. The first-order chi connectivity index (χ1) is 15.8. The molecule has 1 unspecified atom stereocenters. The number of anilines is 1. The molecule has 8 heteroatoms. The van der Waals surface area contributed by atoms with Crippen LogP contribution >= 0.6 is 11.8 Å². The maximum absolute atomic E-state index is 13.0. The molecular formula is C25H32N4O3S. The number of aliphatic imine (C=N–C) groups is 1. The molecule has 2 bridgehead atoms. The van der Waals surface area contributed by atoms with Crippen LogP contribution in [0, 0.1) is 17.8 Å². The largest absolute Gasteiger partial charge is 0.339 e. The zero-order valence-corrected chi connectivity index (χ0v) is 20.1. The third kappa shape index (κ3) is 4.42. The number of amidine groups is 1. The van der Waals surface area contributed by atoms with E-state index in [0.29, 0.717) is 36.3 Å². The Balaban J connectivity index is 1.18. The summed E-state index contributed by atoms with van der Waals surface area (Å²) in [4.78, 5) is 43.9. The number of nitrogens with zero attached hydrogens (tertiary/aromatic N) is 2. The maximum atomic E-state index is 13.0. The van der Waals surface area contributed by atoms with Gasteiger partial charge in [0.05, 0.1) is 6.04 Å². The fourth-order valence-electron chi connectivity index (χ4n) is 6.06. The number of piperidine rings is 1. The molecule has 5 rings (SSSR count). The Labute approximate surface area is 199 Å². The van der Waals surface area contributed by atoms with Crippen LogP contribution in [-0.4, -0.2) is 51.7 Å². The molecule has 33 heavy (non-hydrogen) atoms. The minimum atomic E-state index is -0.522. The Morgan fingerprint density at radius 2 is 1.85 bits per heavy atom. The second-order valence-electron chi connectivity index (χ2n) is 10.2. The number of amides is 3. The number of fused-ring (bicyclic) bond motifs is 2. The SMILES string of the molecule is CC(=O)Nc1ccc(C(=O)N2CCC(C3(C)SC(=N[C@H]4C[C@@H]5CC[C@H]4C5)NC3=O)CC2)cc1. The molecule has 2 N–H and O–H groups in total. The van der Waals surface area contributed by atoms with Gasteiger partial charge in [-0.25, -0.2) is 0 Å². The Morgan fingerprint density at radius 1 is 1.12 bits per heavy atom. The van der Waals surface area contributed by atoms with Crippen LogP contribution in [0.3, 0.4) is 0 Å². The summed E-state index contributed by atoms with van der Waals surface area (Å²) in [5, 5.41) is 6.59. The molecule has 176 valence electrons. The van der Waals surface area contributed by atoms with Gasteiger partial charge in [0.25, 0.3) is 5.91 Å². The van der Waals surface area contributed by atoms with Crippen LogP contribution in [0.1, 0.15) is 62.7 Å². The van der Waals surface area contributed by atoms with Crippen LogP contribution in [-0.2, 0) is 9.59 Å². The standard InChI is InChI=1S/C25H32N4O3S/c1-15(30)26-20-7-5-17(6-8-20)22(31)29-11-9-19(10-12-29)25(2)23(32)28-24(33-25)27-21-14-16-3-4-18(21)13-16/h5-8,16,18-19,21H,3-4,9-14H2,1-2H3,(H,26,30)(H,27,28,32)/t16-,18+,21+,25?/m1/s1. The highest BCUT2D eigenvalue weighted by molar-refractivity contribution is 8.16. The summed E-state index contributed by atoms with van der Waals surface area (Å²) in [5.41, 5.74) is 1.29. The first-order valence-electron chi connectivity index (χ1n) is 12.1. The Bertz CT molecular complexity index is 986. The average molecular weight is 469 g/mol. The van der Waals surface area contributed by atoms with Gasteiger partial charge in [-0.05, 0) is 81.0 Å². The molecule has 0 radical (unpaired) electrons. The summed E-state index contributed by atoms with van der Waals surface area (Å²) in [6.07, 6.45) is 6.71. The van der Waals surface area contributed by atoms with E-state index in [-0.39, 0.29) is 23.6 Å². The van der Waals surface area contributed by atoms with E-state index >= 15 is 0 Å². The number of hydrogen-bond donors (Lipinski definition) is 2. The first-order valence-corrected chi connectivity index (χ1v) is 12.9. The number of thioether (sulfide) groups is 1. The second-order valence-corrected chi connectivity index (χ2v) is 11.6. The predicted molar refractivity (Wildman–Crippen MR) is 130 cm³/mol. The van der Waals surface area contributed by atoms with Crippen molar-refractivity contribution in [1.82, 2.24) is 10.2 Å². The van der Waals surface area contributed by atoms with Crippen LogP contribution < -0.4 is 10.6 Å². The lowest BCUT2D eigenvalue weighted by atomic mass is 9.84. The van der Waals surface area contributed by atoms with Crippen molar-refractivity contribution in [2.45, 2.75) is 63.2 Å². The van der Waals surface area contributed by atoms with E-state index in [4.69, 9.17) is 4.99 Å². The predicted octanol–water partition coefficient (Wildman–Crippen LogP) is 3.66. The fourth-order valence-corrected chi connectivity index (χ4v) is 7.34. The van der Waals surface area contributed by atoms with Crippen molar-refractivity contribution < 1.29 is 14.4 Å². The number of benzene rings is 1. The van der Waals surface area contributed by atoms with E-state index in [2.05, 4.69) is 10.6 Å². The van der Waals surface area contributed by atoms with E-state index in [0.717, 1.165) is 23.9 Å². The molecule has 3 amide bonds. The van der Waals surface area contributed by atoms with Crippen LogP contribution in [0.2, 0.25) is 0 Å². The molecule has 4 atom stereocenters. The zero-order valence-electron chi connectivity index (χ0n) is 19.3. The highest BCUT2D eigenvalue weighted by Gasteiger charge is 2.50. The molecule has 0 aromatic heterocycles. The van der Waals surface area contributed by atoms with Gasteiger partial charge in [-0.2, -0.15) is 0 Å². The van der Waals surface area contributed by atoms with Crippen molar-refractivity contribution in [3.63, 3.8) is 0 Å². The third-order valence-corrected chi connectivity index (χ3v) is 9.32. The lowest BCUT2D eigenvalue weighted by Gasteiger charge is -2.38. The molecule has 2 saturated heterocycles. The number of carbonyl (C=O) groups excluding carboxylic acids is 3.